The lowest BCUT2D eigenvalue weighted by molar-refractivity contribution is -0.110. The highest BCUT2D eigenvalue weighted by Crippen LogP contribution is 1.96. The molecule has 0 bridgehead atoms. The Morgan fingerprint density at radius 1 is 1.50 bits per heavy atom. The molecule has 0 fully saturated rings. The maximum absolute atomic E-state index is 9.82. The first-order valence-corrected chi connectivity index (χ1v) is 2.86. The Morgan fingerprint density at radius 3 is 2.60 bits per heavy atom. The fraction of sp³-hybridized carbons (Fsp3) is 0.125. The molecule has 2 heteroatoms. The molecule has 10 heavy (non-hydrogen) atoms. The van der Waals surface area contributed by atoms with E-state index in [1.807, 2.05) is 0 Å². The normalized spacial score (nSPS) is 10.2. The van der Waals surface area contributed by atoms with Crippen molar-refractivity contribution < 1.29 is 9.53 Å². The molecule has 0 aliphatic carbocycles. The molecule has 54 valence electrons. The molecule has 0 spiro atoms. The number of hydrogen-bond donors (Lipinski definition) is 0. The summed E-state index contributed by atoms with van der Waals surface area (Å²) < 4.78 is 4.88. The first-order valence-electron chi connectivity index (χ1n) is 2.86. The van der Waals surface area contributed by atoms with Gasteiger partial charge >= 0.3 is 0 Å². The number of rotatable bonds is 5. The third-order valence-corrected chi connectivity index (χ3v) is 0.801. The molecule has 0 amide bonds. The van der Waals surface area contributed by atoms with Gasteiger partial charge in [-0.15, -0.1) is 0 Å². The van der Waals surface area contributed by atoms with E-state index in [-0.39, 0.29) is 6.61 Å². The molecule has 0 N–H and O–H groups in total. The van der Waals surface area contributed by atoms with E-state index < -0.39 is 0 Å². The molecule has 0 aromatic carbocycles. The van der Waals surface area contributed by atoms with E-state index in [1.54, 1.807) is 12.2 Å². The molecule has 0 saturated carbocycles. The van der Waals surface area contributed by atoms with Gasteiger partial charge in [-0.25, -0.2) is 0 Å². The van der Waals surface area contributed by atoms with Crippen LogP contribution in [0.25, 0.3) is 0 Å². The molecule has 0 unspecified atom stereocenters. The van der Waals surface area contributed by atoms with Gasteiger partial charge in [0, 0.05) is 0 Å². The van der Waals surface area contributed by atoms with Crippen LogP contribution in [0.2, 0.25) is 0 Å². The fourth-order valence-corrected chi connectivity index (χ4v) is 0.421. The topological polar surface area (TPSA) is 26.3 Å². The van der Waals surface area contributed by atoms with Gasteiger partial charge in [0.25, 0.3) is 0 Å². The Morgan fingerprint density at radius 2 is 2.20 bits per heavy atom. The Labute approximate surface area is 60.5 Å². The van der Waals surface area contributed by atoms with Crippen LogP contribution < -0.4 is 0 Å². The summed E-state index contributed by atoms with van der Waals surface area (Å²) in [7, 11) is 0. The summed E-state index contributed by atoms with van der Waals surface area (Å²) >= 11 is 0. The highest BCUT2D eigenvalue weighted by atomic mass is 16.5. The van der Waals surface area contributed by atoms with Crippen molar-refractivity contribution in [2.24, 2.45) is 0 Å². The van der Waals surface area contributed by atoms with Crippen LogP contribution in [0.5, 0.6) is 0 Å². The lowest BCUT2D eigenvalue weighted by atomic mass is 10.4. The third kappa shape index (κ3) is 3.66. The molecular formula is C8H10O2. The Hall–Kier alpha value is -1.31. The summed E-state index contributed by atoms with van der Waals surface area (Å²) in [6, 6.07) is 0. The van der Waals surface area contributed by atoms with Crippen LogP contribution in [-0.2, 0) is 9.53 Å². The molecular weight excluding hydrogens is 128 g/mol. The minimum Gasteiger partial charge on any atom is -0.486 e. The van der Waals surface area contributed by atoms with Gasteiger partial charge in [-0.3, -0.25) is 4.79 Å². The number of allylic oxidation sites excluding steroid dienone is 3. The van der Waals surface area contributed by atoms with Crippen molar-refractivity contribution in [2.75, 3.05) is 6.61 Å². The SMILES string of the molecule is C=C/C=C(\C=C)OCC=O. The summed E-state index contributed by atoms with van der Waals surface area (Å²) in [6.07, 6.45) is 5.41. The van der Waals surface area contributed by atoms with Gasteiger partial charge in [0.05, 0.1) is 0 Å². The Balaban J connectivity index is 3.81. The minimum absolute atomic E-state index is 0.0612. The lowest BCUT2D eigenvalue weighted by Gasteiger charge is -1.99. The molecule has 0 heterocycles. The van der Waals surface area contributed by atoms with E-state index in [2.05, 4.69) is 13.2 Å². The maximum atomic E-state index is 9.82. The average molecular weight is 138 g/mol. The number of ether oxygens (including phenoxy) is 1. The third-order valence-electron chi connectivity index (χ3n) is 0.801. The zero-order valence-electron chi connectivity index (χ0n) is 5.75. The van der Waals surface area contributed by atoms with Crippen molar-refractivity contribution in [1.82, 2.24) is 0 Å². The van der Waals surface area contributed by atoms with E-state index in [1.165, 1.54) is 6.08 Å². The molecule has 2 nitrogen and oxygen atoms in total. The average Bonchev–Trinajstić information content (AvgIpc) is 1.98. The Kier molecular flexibility index (Phi) is 5.06. The second-order valence-electron chi connectivity index (χ2n) is 1.49. The monoisotopic (exact) mass is 138 g/mol. The Bertz CT molecular complexity index is 157. The zero-order valence-corrected chi connectivity index (χ0v) is 5.75. The van der Waals surface area contributed by atoms with Gasteiger partial charge in [-0.2, -0.15) is 0 Å². The second kappa shape index (κ2) is 5.82. The van der Waals surface area contributed by atoms with E-state index in [0.29, 0.717) is 12.0 Å². The summed E-state index contributed by atoms with van der Waals surface area (Å²) in [5.74, 6) is 0.558. The summed E-state index contributed by atoms with van der Waals surface area (Å²) in [5.41, 5.74) is 0. The van der Waals surface area contributed by atoms with Crippen LogP contribution in [0, 0.1) is 0 Å². The summed E-state index contributed by atoms with van der Waals surface area (Å²) in [4.78, 5) is 9.82. The van der Waals surface area contributed by atoms with Crippen LogP contribution in [-0.4, -0.2) is 12.9 Å². The quantitative estimate of drug-likeness (QED) is 0.326. The lowest BCUT2D eigenvalue weighted by Crippen LogP contribution is -1.92. The van der Waals surface area contributed by atoms with Gasteiger partial charge in [-0.05, 0) is 12.2 Å². The smallest absolute Gasteiger partial charge is 0.157 e. The second-order valence-corrected chi connectivity index (χ2v) is 1.49. The molecule has 0 aliphatic heterocycles. The van der Waals surface area contributed by atoms with Gasteiger partial charge in [0.2, 0.25) is 0 Å². The fourth-order valence-electron chi connectivity index (χ4n) is 0.421. The van der Waals surface area contributed by atoms with Crippen molar-refractivity contribution in [3.05, 3.63) is 37.1 Å². The van der Waals surface area contributed by atoms with E-state index in [4.69, 9.17) is 4.74 Å². The number of carbonyl (C=O) groups excluding carboxylic acids is 1. The molecule has 0 aromatic heterocycles. The predicted molar refractivity (Wildman–Crippen MR) is 40.5 cm³/mol. The molecule has 0 radical (unpaired) electrons. The molecule has 0 aliphatic rings. The van der Waals surface area contributed by atoms with Crippen molar-refractivity contribution in [2.45, 2.75) is 0 Å². The van der Waals surface area contributed by atoms with Gasteiger partial charge in [0.15, 0.2) is 6.29 Å². The van der Waals surface area contributed by atoms with E-state index in [0.717, 1.165) is 0 Å². The van der Waals surface area contributed by atoms with Crippen LogP contribution >= 0.6 is 0 Å². The van der Waals surface area contributed by atoms with Crippen LogP contribution in [0.15, 0.2) is 37.1 Å². The standard InChI is InChI=1S/C8H10O2/c1-3-5-8(4-2)10-7-6-9/h3-6H,1-2,7H2/b8-5+. The highest BCUT2D eigenvalue weighted by molar-refractivity contribution is 5.50. The van der Waals surface area contributed by atoms with Gasteiger partial charge in [0.1, 0.15) is 12.4 Å². The van der Waals surface area contributed by atoms with Crippen LogP contribution in [0.4, 0.5) is 0 Å². The summed E-state index contributed by atoms with van der Waals surface area (Å²) in [5, 5.41) is 0. The molecule has 0 rings (SSSR count). The van der Waals surface area contributed by atoms with Crippen molar-refractivity contribution in [3.8, 4) is 0 Å². The molecule has 0 saturated heterocycles. The maximum Gasteiger partial charge on any atom is 0.157 e. The molecule has 0 atom stereocenters. The van der Waals surface area contributed by atoms with Crippen LogP contribution in [0.3, 0.4) is 0 Å². The number of carbonyl (C=O) groups is 1. The van der Waals surface area contributed by atoms with Gasteiger partial charge in [-0.1, -0.05) is 19.2 Å². The van der Waals surface area contributed by atoms with Crippen molar-refractivity contribution in [1.29, 1.82) is 0 Å². The highest BCUT2D eigenvalue weighted by Gasteiger charge is 1.86. The van der Waals surface area contributed by atoms with Crippen molar-refractivity contribution in [3.63, 3.8) is 0 Å². The van der Waals surface area contributed by atoms with E-state index in [9.17, 15) is 4.79 Å². The minimum atomic E-state index is 0.0612. The summed E-state index contributed by atoms with van der Waals surface area (Å²) in [6.45, 7) is 7.00. The van der Waals surface area contributed by atoms with E-state index >= 15 is 0 Å². The predicted octanol–water partition coefficient (Wildman–Crippen LogP) is 1.46. The first kappa shape index (κ1) is 8.69. The van der Waals surface area contributed by atoms with Gasteiger partial charge < -0.3 is 4.74 Å². The number of aldehydes is 1. The molecule has 0 aromatic rings. The zero-order chi connectivity index (χ0) is 7.82. The van der Waals surface area contributed by atoms with Crippen LogP contribution in [0.1, 0.15) is 0 Å². The van der Waals surface area contributed by atoms with Crippen molar-refractivity contribution >= 4 is 6.29 Å². The number of hydrogen-bond acceptors (Lipinski definition) is 2. The largest absolute Gasteiger partial charge is 0.486 e. The first-order chi connectivity index (χ1) is 4.85.